The van der Waals surface area contributed by atoms with Crippen LogP contribution in [0, 0.1) is 0 Å². The van der Waals surface area contributed by atoms with Gasteiger partial charge in [0.2, 0.25) is 0 Å². The summed E-state index contributed by atoms with van der Waals surface area (Å²) in [6.07, 6.45) is 2.75. The average molecular weight is 250 g/mol. The number of carbonyl (C=O) groups is 1. The van der Waals surface area contributed by atoms with Crippen molar-refractivity contribution in [3.63, 3.8) is 0 Å². The maximum absolute atomic E-state index is 11.4. The van der Waals surface area contributed by atoms with E-state index in [0.717, 1.165) is 6.42 Å². The summed E-state index contributed by atoms with van der Waals surface area (Å²) >= 11 is 0. The van der Waals surface area contributed by atoms with Crippen LogP contribution in [-0.4, -0.2) is 11.8 Å². The second-order valence-corrected chi connectivity index (χ2v) is 5.31. The van der Waals surface area contributed by atoms with Crippen LogP contribution in [0.1, 0.15) is 46.1 Å². The highest BCUT2D eigenvalue weighted by Crippen LogP contribution is 2.16. The number of aryl methyl sites for hydroxylation is 1. The van der Waals surface area contributed by atoms with Gasteiger partial charge in [0.1, 0.15) is 11.4 Å². The molecule has 3 heteroatoms. The molecule has 0 unspecified atom stereocenters. The highest BCUT2D eigenvalue weighted by molar-refractivity contribution is 5.64. The van der Waals surface area contributed by atoms with Crippen LogP contribution >= 0.6 is 0 Å². The van der Waals surface area contributed by atoms with Crippen LogP contribution in [0.4, 0.5) is 4.79 Å². The second-order valence-electron chi connectivity index (χ2n) is 5.31. The fourth-order valence-electron chi connectivity index (χ4n) is 1.47. The molecule has 0 bridgehead atoms. The van der Waals surface area contributed by atoms with Gasteiger partial charge in [-0.2, -0.15) is 0 Å². The fraction of sp³-hybridized carbons (Fsp3) is 0.533. The van der Waals surface area contributed by atoms with Gasteiger partial charge >= 0.3 is 6.16 Å². The first kappa shape index (κ1) is 14.6. The number of rotatable bonds is 4. The van der Waals surface area contributed by atoms with E-state index < -0.39 is 11.8 Å². The summed E-state index contributed by atoms with van der Waals surface area (Å²) in [7, 11) is 0. The first-order chi connectivity index (χ1) is 8.40. The van der Waals surface area contributed by atoms with Gasteiger partial charge in [-0.3, -0.25) is 0 Å². The Kier molecular flexibility index (Phi) is 5.20. The van der Waals surface area contributed by atoms with Gasteiger partial charge in [-0.15, -0.1) is 0 Å². The summed E-state index contributed by atoms with van der Waals surface area (Å²) in [6, 6.07) is 7.56. The van der Waals surface area contributed by atoms with Crippen LogP contribution in [0.2, 0.25) is 0 Å². The number of ether oxygens (including phenoxy) is 2. The highest BCUT2D eigenvalue weighted by atomic mass is 16.7. The zero-order valence-corrected chi connectivity index (χ0v) is 11.7. The Labute approximate surface area is 109 Å². The van der Waals surface area contributed by atoms with Crippen molar-refractivity contribution in [1.29, 1.82) is 0 Å². The Balaban J connectivity index is 2.50. The molecular weight excluding hydrogens is 228 g/mol. The topological polar surface area (TPSA) is 35.5 Å². The summed E-state index contributed by atoms with van der Waals surface area (Å²) < 4.78 is 10.2. The zero-order chi connectivity index (χ0) is 13.6. The van der Waals surface area contributed by atoms with E-state index in [1.807, 2.05) is 32.9 Å². The molecule has 0 aliphatic heterocycles. The Morgan fingerprint density at radius 2 is 1.78 bits per heavy atom. The fourth-order valence-corrected chi connectivity index (χ4v) is 1.47. The van der Waals surface area contributed by atoms with Crippen molar-refractivity contribution in [2.24, 2.45) is 0 Å². The van der Waals surface area contributed by atoms with Gasteiger partial charge in [0.05, 0.1) is 0 Å². The lowest BCUT2D eigenvalue weighted by Crippen LogP contribution is -2.25. The first-order valence-corrected chi connectivity index (χ1v) is 6.40. The van der Waals surface area contributed by atoms with E-state index in [1.165, 1.54) is 18.4 Å². The lowest BCUT2D eigenvalue weighted by molar-refractivity contribution is 0.0206. The standard InChI is InChI=1S/C15H22O3/c1-5-6-7-12-8-10-13(11-9-12)17-14(16)18-15(2,3)4/h8-11H,5-7H2,1-4H3. The molecule has 0 aromatic heterocycles. The molecule has 0 atom stereocenters. The van der Waals surface area contributed by atoms with Crippen molar-refractivity contribution in [3.8, 4) is 5.75 Å². The van der Waals surface area contributed by atoms with Crippen molar-refractivity contribution in [1.82, 2.24) is 0 Å². The molecule has 0 saturated heterocycles. The molecule has 18 heavy (non-hydrogen) atoms. The van der Waals surface area contributed by atoms with Crippen LogP contribution in [0.5, 0.6) is 5.75 Å². The number of carbonyl (C=O) groups excluding carboxylic acids is 1. The molecule has 0 aliphatic carbocycles. The van der Waals surface area contributed by atoms with Gasteiger partial charge in [-0.05, 0) is 51.3 Å². The van der Waals surface area contributed by atoms with Gasteiger partial charge in [-0.25, -0.2) is 4.79 Å². The maximum atomic E-state index is 11.4. The van der Waals surface area contributed by atoms with Crippen LogP contribution in [0.25, 0.3) is 0 Å². The number of unbranched alkanes of at least 4 members (excludes halogenated alkanes) is 1. The Morgan fingerprint density at radius 1 is 1.17 bits per heavy atom. The summed E-state index contributed by atoms with van der Waals surface area (Å²) in [5.41, 5.74) is 0.728. The van der Waals surface area contributed by atoms with Gasteiger partial charge in [0.25, 0.3) is 0 Å². The van der Waals surface area contributed by atoms with Crippen molar-refractivity contribution >= 4 is 6.16 Å². The van der Waals surface area contributed by atoms with E-state index in [1.54, 1.807) is 12.1 Å². The zero-order valence-electron chi connectivity index (χ0n) is 11.7. The largest absolute Gasteiger partial charge is 0.514 e. The van der Waals surface area contributed by atoms with Crippen molar-refractivity contribution < 1.29 is 14.3 Å². The van der Waals surface area contributed by atoms with Gasteiger partial charge < -0.3 is 9.47 Å². The molecule has 0 fully saturated rings. The quantitative estimate of drug-likeness (QED) is 0.589. The summed E-state index contributed by atoms with van der Waals surface area (Å²) in [6.45, 7) is 7.59. The summed E-state index contributed by atoms with van der Waals surface area (Å²) in [5.74, 6) is 0.518. The highest BCUT2D eigenvalue weighted by Gasteiger charge is 2.17. The molecule has 100 valence electrons. The van der Waals surface area contributed by atoms with E-state index in [0.29, 0.717) is 5.75 Å². The van der Waals surface area contributed by atoms with Crippen molar-refractivity contribution in [2.45, 2.75) is 52.6 Å². The van der Waals surface area contributed by atoms with E-state index >= 15 is 0 Å². The molecule has 0 N–H and O–H groups in total. The van der Waals surface area contributed by atoms with E-state index in [-0.39, 0.29) is 0 Å². The molecule has 1 aromatic carbocycles. The lowest BCUT2D eigenvalue weighted by Gasteiger charge is -2.18. The van der Waals surface area contributed by atoms with Crippen molar-refractivity contribution in [3.05, 3.63) is 29.8 Å². The predicted molar refractivity (Wildman–Crippen MR) is 71.9 cm³/mol. The molecule has 1 aromatic rings. The number of hydrogen-bond acceptors (Lipinski definition) is 3. The van der Waals surface area contributed by atoms with Crippen LogP contribution in [-0.2, 0) is 11.2 Å². The van der Waals surface area contributed by atoms with Crippen molar-refractivity contribution in [2.75, 3.05) is 0 Å². The third-order valence-electron chi connectivity index (χ3n) is 2.33. The van der Waals surface area contributed by atoms with Gasteiger partial charge in [-0.1, -0.05) is 25.5 Å². The Bertz CT molecular complexity index is 374. The molecular formula is C15H22O3. The van der Waals surface area contributed by atoms with Crippen LogP contribution < -0.4 is 4.74 Å². The summed E-state index contributed by atoms with van der Waals surface area (Å²) in [4.78, 5) is 11.4. The molecule has 0 saturated carbocycles. The second kappa shape index (κ2) is 6.43. The third-order valence-corrected chi connectivity index (χ3v) is 2.33. The smallest absolute Gasteiger partial charge is 0.428 e. The molecule has 0 radical (unpaired) electrons. The molecule has 1 rings (SSSR count). The maximum Gasteiger partial charge on any atom is 0.514 e. The first-order valence-electron chi connectivity index (χ1n) is 6.40. The third kappa shape index (κ3) is 5.71. The van der Waals surface area contributed by atoms with Gasteiger partial charge in [0, 0.05) is 0 Å². The number of hydrogen-bond donors (Lipinski definition) is 0. The molecule has 0 aliphatic rings. The van der Waals surface area contributed by atoms with Crippen LogP contribution in [0.3, 0.4) is 0 Å². The lowest BCUT2D eigenvalue weighted by atomic mass is 10.1. The monoisotopic (exact) mass is 250 g/mol. The SMILES string of the molecule is CCCCc1ccc(OC(=O)OC(C)(C)C)cc1. The normalized spacial score (nSPS) is 11.1. The van der Waals surface area contributed by atoms with E-state index in [2.05, 4.69) is 6.92 Å². The average Bonchev–Trinajstić information content (AvgIpc) is 2.25. The number of benzene rings is 1. The molecule has 0 spiro atoms. The van der Waals surface area contributed by atoms with Crippen LogP contribution in [0.15, 0.2) is 24.3 Å². The Hall–Kier alpha value is -1.51. The Morgan fingerprint density at radius 3 is 2.28 bits per heavy atom. The minimum atomic E-state index is -0.663. The molecule has 3 nitrogen and oxygen atoms in total. The molecule has 0 heterocycles. The van der Waals surface area contributed by atoms with Gasteiger partial charge in [0.15, 0.2) is 0 Å². The van der Waals surface area contributed by atoms with E-state index in [9.17, 15) is 4.79 Å². The summed E-state index contributed by atoms with van der Waals surface area (Å²) in [5, 5.41) is 0. The predicted octanol–water partition coefficient (Wildman–Crippen LogP) is 4.34. The van der Waals surface area contributed by atoms with E-state index in [4.69, 9.17) is 9.47 Å². The molecule has 0 amide bonds. The minimum absolute atomic E-state index is 0.518. The minimum Gasteiger partial charge on any atom is -0.428 e.